The number of hydrogen-bond acceptors (Lipinski definition) is 4. The molecule has 1 atom stereocenters. The monoisotopic (exact) mass is 311 g/mol. The molecule has 22 heavy (non-hydrogen) atoms. The predicted octanol–water partition coefficient (Wildman–Crippen LogP) is 1.61. The average Bonchev–Trinajstić information content (AvgIpc) is 3.00. The van der Waals surface area contributed by atoms with Crippen LogP contribution in [0.2, 0.25) is 0 Å². The normalized spacial score (nSPS) is 23.7. The Kier molecular flexibility index (Phi) is 6.66. The SMILES string of the molecule is CCCC(C)(N)C(=O)N1CCC(OCCN2CCCC2)CC1. The summed E-state index contributed by atoms with van der Waals surface area (Å²) in [5, 5.41) is 0. The number of nitrogens with zero attached hydrogens (tertiary/aromatic N) is 2. The Balaban J connectivity index is 1.65. The van der Waals surface area contributed by atoms with Gasteiger partial charge >= 0.3 is 0 Å². The standard InChI is InChI=1S/C17H33N3O2/c1-3-8-17(2,18)16(21)20-11-6-15(7-12-20)22-14-13-19-9-4-5-10-19/h15H,3-14,18H2,1-2H3. The number of carbonyl (C=O) groups excluding carboxylic acids is 1. The molecule has 0 aliphatic carbocycles. The van der Waals surface area contributed by atoms with Crippen LogP contribution in [-0.2, 0) is 9.53 Å². The molecule has 0 aromatic carbocycles. The highest BCUT2D eigenvalue weighted by atomic mass is 16.5. The summed E-state index contributed by atoms with van der Waals surface area (Å²) in [6.07, 6.45) is 6.53. The third-order valence-electron chi connectivity index (χ3n) is 4.95. The van der Waals surface area contributed by atoms with E-state index in [9.17, 15) is 4.79 Å². The summed E-state index contributed by atoms with van der Waals surface area (Å²) >= 11 is 0. The van der Waals surface area contributed by atoms with Crippen molar-refractivity contribution in [3.05, 3.63) is 0 Å². The smallest absolute Gasteiger partial charge is 0.242 e. The second-order valence-corrected chi connectivity index (χ2v) is 7.08. The Morgan fingerprint density at radius 3 is 2.45 bits per heavy atom. The molecule has 1 amide bonds. The minimum Gasteiger partial charge on any atom is -0.377 e. The van der Waals surface area contributed by atoms with Crippen molar-refractivity contribution in [3.8, 4) is 0 Å². The number of rotatable bonds is 7. The van der Waals surface area contributed by atoms with Gasteiger partial charge in [-0.2, -0.15) is 0 Å². The lowest BCUT2D eigenvalue weighted by atomic mass is 9.94. The molecule has 5 heteroatoms. The topological polar surface area (TPSA) is 58.8 Å². The number of likely N-dealkylation sites (tertiary alicyclic amines) is 2. The van der Waals surface area contributed by atoms with Gasteiger partial charge in [0.2, 0.25) is 5.91 Å². The first-order valence-electron chi connectivity index (χ1n) is 8.95. The van der Waals surface area contributed by atoms with E-state index in [1.165, 1.54) is 25.9 Å². The van der Waals surface area contributed by atoms with E-state index in [1.807, 2.05) is 11.8 Å². The molecule has 0 bridgehead atoms. The number of amides is 1. The summed E-state index contributed by atoms with van der Waals surface area (Å²) in [4.78, 5) is 16.9. The van der Waals surface area contributed by atoms with Crippen LogP contribution in [0.25, 0.3) is 0 Å². The molecule has 0 saturated carbocycles. The minimum absolute atomic E-state index is 0.102. The largest absolute Gasteiger partial charge is 0.377 e. The first kappa shape index (κ1) is 17.7. The summed E-state index contributed by atoms with van der Waals surface area (Å²) in [5.74, 6) is 0.102. The highest BCUT2D eigenvalue weighted by Crippen LogP contribution is 2.19. The number of piperidine rings is 1. The molecule has 2 saturated heterocycles. The Labute approximate surface area is 135 Å². The van der Waals surface area contributed by atoms with Gasteiger partial charge in [0.05, 0.1) is 18.2 Å². The van der Waals surface area contributed by atoms with Gasteiger partial charge in [0.15, 0.2) is 0 Å². The number of nitrogens with two attached hydrogens (primary N) is 1. The molecule has 2 heterocycles. The van der Waals surface area contributed by atoms with E-state index in [1.54, 1.807) is 0 Å². The van der Waals surface area contributed by atoms with Gasteiger partial charge in [-0.3, -0.25) is 4.79 Å². The predicted molar refractivity (Wildman–Crippen MR) is 88.7 cm³/mol. The lowest BCUT2D eigenvalue weighted by Gasteiger charge is -2.36. The van der Waals surface area contributed by atoms with Gasteiger partial charge in [-0.25, -0.2) is 0 Å². The zero-order chi connectivity index (χ0) is 16.0. The van der Waals surface area contributed by atoms with Crippen LogP contribution in [0.1, 0.15) is 52.4 Å². The van der Waals surface area contributed by atoms with Crippen LogP contribution in [0.3, 0.4) is 0 Å². The molecule has 2 N–H and O–H groups in total. The van der Waals surface area contributed by atoms with Crippen molar-refractivity contribution in [1.82, 2.24) is 9.80 Å². The van der Waals surface area contributed by atoms with Crippen LogP contribution in [-0.4, -0.2) is 66.7 Å². The maximum Gasteiger partial charge on any atom is 0.242 e. The summed E-state index contributed by atoms with van der Waals surface area (Å²) in [6.45, 7) is 9.81. The second-order valence-electron chi connectivity index (χ2n) is 7.08. The first-order chi connectivity index (χ1) is 10.5. The molecule has 0 radical (unpaired) electrons. The molecule has 2 aliphatic heterocycles. The second kappa shape index (κ2) is 8.27. The zero-order valence-corrected chi connectivity index (χ0v) is 14.4. The van der Waals surface area contributed by atoms with E-state index in [-0.39, 0.29) is 5.91 Å². The zero-order valence-electron chi connectivity index (χ0n) is 14.4. The fraction of sp³-hybridized carbons (Fsp3) is 0.941. The number of ether oxygens (including phenoxy) is 1. The van der Waals surface area contributed by atoms with Crippen LogP contribution < -0.4 is 5.73 Å². The lowest BCUT2D eigenvalue weighted by Crippen LogP contribution is -2.55. The van der Waals surface area contributed by atoms with E-state index in [4.69, 9.17) is 10.5 Å². The van der Waals surface area contributed by atoms with E-state index in [0.29, 0.717) is 6.10 Å². The maximum atomic E-state index is 12.5. The Morgan fingerprint density at radius 1 is 1.23 bits per heavy atom. The van der Waals surface area contributed by atoms with E-state index < -0.39 is 5.54 Å². The van der Waals surface area contributed by atoms with Gasteiger partial charge < -0.3 is 20.3 Å². The van der Waals surface area contributed by atoms with Crippen molar-refractivity contribution in [2.45, 2.75) is 64.0 Å². The molecule has 2 fully saturated rings. The molecule has 5 nitrogen and oxygen atoms in total. The Morgan fingerprint density at radius 2 is 1.86 bits per heavy atom. The van der Waals surface area contributed by atoms with Crippen LogP contribution >= 0.6 is 0 Å². The molecule has 128 valence electrons. The average molecular weight is 311 g/mol. The molecule has 0 spiro atoms. The van der Waals surface area contributed by atoms with Crippen molar-refractivity contribution < 1.29 is 9.53 Å². The van der Waals surface area contributed by atoms with Crippen molar-refractivity contribution in [2.24, 2.45) is 5.73 Å². The quantitative estimate of drug-likeness (QED) is 0.776. The summed E-state index contributed by atoms with van der Waals surface area (Å²) in [7, 11) is 0. The van der Waals surface area contributed by atoms with Crippen LogP contribution in [0, 0.1) is 0 Å². The molecule has 0 aromatic heterocycles. The molecular formula is C17H33N3O2. The lowest BCUT2D eigenvalue weighted by molar-refractivity contribution is -0.139. The maximum absolute atomic E-state index is 12.5. The Bertz CT molecular complexity index is 346. The minimum atomic E-state index is -0.710. The highest BCUT2D eigenvalue weighted by molar-refractivity contribution is 5.85. The fourth-order valence-electron chi connectivity index (χ4n) is 3.57. The van der Waals surface area contributed by atoms with Crippen molar-refractivity contribution in [2.75, 3.05) is 39.3 Å². The van der Waals surface area contributed by atoms with Crippen molar-refractivity contribution >= 4 is 5.91 Å². The first-order valence-corrected chi connectivity index (χ1v) is 8.95. The summed E-state index contributed by atoms with van der Waals surface area (Å²) in [6, 6.07) is 0. The van der Waals surface area contributed by atoms with Gasteiger partial charge in [-0.15, -0.1) is 0 Å². The highest BCUT2D eigenvalue weighted by Gasteiger charge is 2.33. The molecule has 0 aromatic rings. The van der Waals surface area contributed by atoms with Gasteiger partial charge in [-0.05, 0) is 52.1 Å². The number of hydrogen-bond donors (Lipinski definition) is 1. The number of carbonyl (C=O) groups is 1. The van der Waals surface area contributed by atoms with E-state index >= 15 is 0 Å². The van der Waals surface area contributed by atoms with Gasteiger partial charge in [0.25, 0.3) is 0 Å². The molecule has 2 rings (SSSR count). The molecule has 1 unspecified atom stereocenters. The van der Waals surface area contributed by atoms with Gasteiger partial charge in [0.1, 0.15) is 0 Å². The van der Waals surface area contributed by atoms with Gasteiger partial charge in [0, 0.05) is 19.6 Å². The van der Waals surface area contributed by atoms with E-state index in [0.717, 1.165) is 51.9 Å². The van der Waals surface area contributed by atoms with Gasteiger partial charge in [-0.1, -0.05) is 13.3 Å². The van der Waals surface area contributed by atoms with Crippen LogP contribution in [0.15, 0.2) is 0 Å². The third-order valence-corrected chi connectivity index (χ3v) is 4.95. The third kappa shape index (κ3) is 4.93. The fourth-order valence-corrected chi connectivity index (χ4v) is 3.57. The van der Waals surface area contributed by atoms with Crippen molar-refractivity contribution in [1.29, 1.82) is 0 Å². The van der Waals surface area contributed by atoms with Crippen LogP contribution in [0.4, 0.5) is 0 Å². The summed E-state index contributed by atoms with van der Waals surface area (Å²) in [5.41, 5.74) is 5.45. The molecule has 2 aliphatic rings. The summed E-state index contributed by atoms with van der Waals surface area (Å²) < 4.78 is 6.00. The van der Waals surface area contributed by atoms with Crippen LogP contribution in [0.5, 0.6) is 0 Å². The molecular weight excluding hydrogens is 278 g/mol. The van der Waals surface area contributed by atoms with Crippen molar-refractivity contribution in [3.63, 3.8) is 0 Å². The Hall–Kier alpha value is -0.650. The van der Waals surface area contributed by atoms with E-state index in [2.05, 4.69) is 11.8 Å².